The highest BCUT2D eigenvalue weighted by Crippen LogP contribution is 2.21. The number of nitrogens with one attached hydrogen (secondary N) is 1. The van der Waals surface area contributed by atoms with E-state index >= 15 is 0 Å². The third-order valence-electron chi connectivity index (χ3n) is 2.85. The maximum atomic E-state index is 5.72. The summed E-state index contributed by atoms with van der Waals surface area (Å²) in [5.74, 6) is 1.56. The molecule has 2 aromatic rings. The average molecular weight is 340 g/mol. The van der Waals surface area contributed by atoms with Crippen LogP contribution in [0, 0.1) is 6.92 Å². The Balaban J connectivity index is 2.11. The standard InChI is InChI=1S/C15H16BrClN2/c1-11-8-15(18-10-14(11)16)19-13-6-2-4-12(9-13)5-3-7-17/h2,4,6,8-10H,3,5,7H2,1H3,(H,18,19). The zero-order chi connectivity index (χ0) is 13.7. The maximum absolute atomic E-state index is 5.72. The normalized spacial score (nSPS) is 10.5. The Morgan fingerprint density at radius 3 is 2.89 bits per heavy atom. The molecule has 19 heavy (non-hydrogen) atoms. The van der Waals surface area contributed by atoms with Crippen molar-refractivity contribution in [2.24, 2.45) is 0 Å². The summed E-state index contributed by atoms with van der Waals surface area (Å²) >= 11 is 9.18. The number of aryl methyl sites for hydroxylation is 2. The number of anilines is 2. The van der Waals surface area contributed by atoms with Gasteiger partial charge in [-0.05, 0) is 65.0 Å². The minimum atomic E-state index is 0.700. The summed E-state index contributed by atoms with van der Waals surface area (Å²) in [6.45, 7) is 2.05. The van der Waals surface area contributed by atoms with E-state index in [9.17, 15) is 0 Å². The molecule has 0 aliphatic rings. The third-order valence-corrected chi connectivity index (χ3v) is 3.94. The van der Waals surface area contributed by atoms with E-state index < -0.39 is 0 Å². The first-order valence-corrected chi connectivity index (χ1v) is 7.56. The smallest absolute Gasteiger partial charge is 0.130 e. The highest BCUT2D eigenvalue weighted by atomic mass is 79.9. The molecule has 100 valence electrons. The zero-order valence-electron chi connectivity index (χ0n) is 10.8. The number of rotatable bonds is 5. The highest BCUT2D eigenvalue weighted by molar-refractivity contribution is 9.10. The van der Waals surface area contributed by atoms with Crippen LogP contribution in [0.4, 0.5) is 11.5 Å². The molecule has 0 bridgehead atoms. The van der Waals surface area contributed by atoms with Crippen LogP contribution >= 0.6 is 27.5 Å². The first-order valence-electron chi connectivity index (χ1n) is 6.23. The van der Waals surface area contributed by atoms with Gasteiger partial charge in [-0.3, -0.25) is 0 Å². The Labute approximate surface area is 127 Å². The van der Waals surface area contributed by atoms with Gasteiger partial charge in [-0.1, -0.05) is 12.1 Å². The molecule has 0 aliphatic carbocycles. The minimum absolute atomic E-state index is 0.700. The molecule has 0 saturated heterocycles. The second kappa shape index (κ2) is 6.92. The molecule has 1 aromatic heterocycles. The number of benzene rings is 1. The summed E-state index contributed by atoms with van der Waals surface area (Å²) in [6.07, 6.45) is 3.82. The molecule has 1 heterocycles. The Bertz CT molecular complexity index is 558. The van der Waals surface area contributed by atoms with Gasteiger partial charge < -0.3 is 5.32 Å². The number of hydrogen-bond donors (Lipinski definition) is 1. The fourth-order valence-corrected chi connectivity index (χ4v) is 2.18. The van der Waals surface area contributed by atoms with Crippen molar-refractivity contribution in [3.8, 4) is 0 Å². The summed E-state index contributed by atoms with van der Waals surface area (Å²) in [5, 5.41) is 3.32. The van der Waals surface area contributed by atoms with Crippen molar-refractivity contribution >= 4 is 39.0 Å². The van der Waals surface area contributed by atoms with Crippen molar-refractivity contribution < 1.29 is 0 Å². The SMILES string of the molecule is Cc1cc(Nc2cccc(CCCCl)c2)ncc1Br. The maximum Gasteiger partial charge on any atom is 0.130 e. The van der Waals surface area contributed by atoms with Crippen molar-refractivity contribution in [1.29, 1.82) is 0 Å². The van der Waals surface area contributed by atoms with Crippen LogP contribution in [0.5, 0.6) is 0 Å². The van der Waals surface area contributed by atoms with Crippen molar-refractivity contribution in [3.63, 3.8) is 0 Å². The molecule has 0 unspecified atom stereocenters. The molecular weight excluding hydrogens is 324 g/mol. The number of pyridine rings is 1. The van der Waals surface area contributed by atoms with E-state index in [-0.39, 0.29) is 0 Å². The van der Waals surface area contributed by atoms with Crippen LogP contribution in [0.3, 0.4) is 0 Å². The largest absolute Gasteiger partial charge is 0.340 e. The monoisotopic (exact) mass is 338 g/mol. The lowest BCUT2D eigenvalue weighted by atomic mass is 10.1. The van der Waals surface area contributed by atoms with Crippen LogP contribution in [0.25, 0.3) is 0 Å². The molecule has 0 amide bonds. The summed E-state index contributed by atoms with van der Waals surface area (Å²) in [7, 11) is 0. The van der Waals surface area contributed by atoms with Gasteiger partial charge in [0.1, 0.15) is 5.82 Å². The summed E-state index contributed by atoms with van der Waals surface area (Å²) in [5.41, 5.74) is 3.51. The van der Waals surface area contributed by atoms with Crippen LogP contribution in [0.1, 0.15) is 17.5 Å². The first kappa shape index (κ1) is 14.4. The molecule has 0 fully saturated rings. The van der Waals surface area contributed by atoms with E-state index in [1.165, 1.54) is 5.56 Å². The summed E-state index contributed by atoms with van der Waals surface area (Å²) in [6, 6.07) is 10.4. The zero-order valence-corrected chi connectivity index (χ0v) is 13.1. The van der Waals surface area contributed by atoms with Gasteiger partial charge in [0, 0.05) is 22.2 Å². The first-order chi connectivity index (χ1) is 9.19. The van der Waals surface area contributed by atoms with Gasteiger partial charge in [-0.2, -0.15) is 0 Å². The molecular formula is C15H16BrClN2. The van der Waals surface area contributed by atoms with E-state index in [1.807, 2.05) is 25.3 Å². The second-order valence-corrected chi connectivity index (χ2v) is 5.67. The molecule has 0 saturated carbocycles. The molecule has 0 spiro atoms. The Hall–Kier alpha value is -1.06. The highest BCUT2D eigenvalue weighted by Gasteiger charge is 2.01. The quantitative estimate of drug-likeness (QED) is 0.769. The van der Waals surface area contributed by atoms with Gasteiger partial charge in [0.25, 0.3) is 0 Å². The lowest BCUT2D eigenvalue weighted by Gasteiger charge is -2.08. The fourth-order valence-electron chi connectivity index (χ4n) is 1.83. The Kier molecular flexibility index (Phi) is 5.23. The number of hydrogen-bond acceptors (Lipinski definition) is 2. The lowest BCUT2D eigenvalue weighted by Crippen LogP contribution is -1.95. The number of aromatic nitrogens is 1. The number of halogens is 2. The van der Waals surface area contributed by atoms with Crippen molar-refractivity contribution in [3.05, 3.63) is 52.1 Å². The molecule has 2 nitrogen and oxygen atoms in total. The van der Waals surface area contributed by atoms with E-state index in [2.05, 4.69) is 44.4 Å². The van der Waals surface area contributed by atoms with Crippen LogP contribution in [-0.4, -0.2) is 10.9 Å². The lowest BCUT2D eigenvalue weighted by molar-refractivity contribution is 0.929. The van der Waals surface area contributed by atoms with Crippen LogP contribution in [0.2, 0.25) is 0 Å². The fraction of sp³-hybridized carbons (Fsp3) is 0.267. The van der Waals surface area contributed by atoms with Gasteiger partial charge in [0.15, 0.2) is 0 Å². The average Bonchev–Trinajstić information content (AvgIpc) is 2.41. The Morgan fingerprint density at radius 1 is 1.32 bits per heavy atom. The van der Waals surface area contributed by atoms with Gasteiger partial charge >= 0.3 is 0 Å². The predicted octanol–water partition coefficient (Wildman–Crippen LogP) is 5.07. The molecule has 1 N–H and O–H groups in total. The Morgan fingerprint density at radius 2 is 2.16 bits per heavy atom. The van der Waals surface area contributed by atoms with Crippen LogP contribution in [0.15, 0.2) is 41.0 Å². The summed E-state index contributed by atoms with van der Waals surface area (Å²) < 4.78 is 1.02. The molecule has 2 rings (SSSR count). The molecule has 0 atom stereocenters. The van der Waals surface area contributed by atoms with E-state index in [4.69, 9.17) is 11.6 Å². The molecule has 0 aliphatic heterocycles. The van der Waals surface area contributed by atoms with Gasteiger partial charge in [0.2, 0.25) is 0 Å². The van der Waals surface area contributed by atoms with Gasteiger partial charge in [-0.25, -0.2) is 4.98 Å². The number of nitrogens with zero attached hydrogens (tertiary/aromatic N) is 1. The predicted molar refractivity (Wildman–Crippen MR) is 85.4 cm³/mol. The van der Waals surface area contributed by atoms with E-state index in [1.54, 1.807) is 0 Å². The molecule has 0 radical (unpaired) electrons. The van der Waals surface area contributed by atoms with Crippen molar-refractivity contribution in [2.75, 3.05) is 11.2 Å². The third kappa shape index (κ3) is 4.22. The van der Waals surface area contributed by atoms with Crippen molar-refractivity contribution in [1.82, 2.24) is 4.98 Å². The van der Waals surface area contributed by atoms with Crippen LogP contribution < -0.4 is 5.32 Å². The topological polar surface area (TPSA) is 24.9 Å². The molecule has 4 heteroatoms. The van der Waals surface area contributed by atoms with Crippen molar-refractivity contribution in [2.45, 2.75) is 19.8 Å². The molecule has 1 aromatic carbocycles. The van der Waals surface area contributed by atoms with E-state index in [0.717, 1.165) is 34.4 Å². The van der Waals surface area contributed by atoms with Gasteiger partial charge in [-0.15, -0.1) is 11.6 Å². The summed E-state index contributed by atoms with van der Waals surface area (Å²) in [4.78, 5) is 4.35. The minimum Gasteiger partial charge on any atom is -0.340 e. The van der Waals surface area contributed by atoms with E-state index in [0.29, 0.717) is 5.88 Å². The second-order valence-electron chi connectivity index (χ2n) is 4.44. The van der Waals surface area contributed by atoms with Crippen LogP contribution in [-0.2, 0) is 6.42 Å². The number of alkyl halides is 1. The van der Waals surface area contributed by atoms with Gasteiger partial charge in [0.05, 0.1) is 0 Å².